The molecule has 1 aromatic carbocycles. The zero-order valence-corrected chi connectivity index (χ0v) is 17.3. The number of aryl methyl sites for hydroxylation is 1. The van der Waals surface area contributed by atoms with Crippen molar-refractivity contribution < 1.29 is 0 Å². The lowest BCUT2D eigenvalue weighted by molar-refractivity contribution is 0.341. The predicted octanol–water partition coefficient (Wildman–Crippen LogP) is 7.30. The third-order valence-corrected chi connectivity index (χ3v) is 5.79. The van der Waals surface area contributed by atoms with E-state index < -0.39 is 4.46 Å². The van der Waals surface area contributed by atoms with Gasteiger partial charge in [-0.15, -0.1) is 0 Å². The van der Waals surface area contributed by atoms with Crippen molar-refractivity contribution in [2.45, 2.75) is 82.0 Å². The van der Waals surface area contributed by atoms with Crippen molar-refractivity contribution in [1.82, 2.24) is 4.90 Å². The van der Waals surface area contributed by atoms with E-state index in [1.807, 2.05) is 31.1 Å². The van der Waals surface area contributed by atoms with Gasteiger partial charge in [-0.05, 0) is 32.5 Å². The number of nitrogens with zero attached hydrogens (tertiary/aromatic N) is 1. The number of unbranched alkanes of at least 4 members (excludes halogenated alkanes) is 9. The van der Waals surface area contributed by atoms with Crippen LogP contribution < -0.4 is 0 Å². The van der Waals surface area contributed by atoms with Crippen molar-refractivity contribution in [1.29, 1.82) is 0 Å². The summed E-state index contributed by atoms with van der Waals surface area (Å²) in [7, 11) is 3.83. The third kappa shape index (κ3) is 7.76. The van der Waals surface area contributed by atoms with E-state index >= 15 is 0 Å². The Morgan fingerprint density at radius 2 is 1.29 bits per heavy atom. The molecule has 0 fully saturated rings. The van der Waals surface area contributed by atoms with Gasteiger partial charge in [0.2, 0.25) is 0 Å². The number of hydrogen-bond donors (Lipinski definition) is 0. The average molecular weight is 372 g/mol. The van der Waals surface area contributed by atoms with E-state index in [0.717, 1.165) is 12.0 Å². The molecule has 0 heterocycles. The van der Waals surface area contributed by atoms with E-state index in [1.165, 1.54) is 69.8 Å². The van der Waals surface area contributed by atoms with Crippen LogP contribution in [0.3, 0.4) is 0 Å². The van der Waals surface area contributed by atoms with Crippen molar-refractivity contribution >= 4 is 23.2 Å². The zero-order valence-electron chi connectivity index (χ0n) is 15.8. The van der Waals surface area contributed by atoms with Crippen LogP contribution in [0.5, 0.6) is 0 Å². The maximum Gasteiger partial charge on any atom is 0.197 e. The summed E-state index contributed by atoms with van der Waals surface area (Å²) in [6, 6.07) is 8.30. The van der Waals surface area contributed by atoms with Crippen LogP contribution in [-0.2, 0) is 10.9 Å². The highest BCUT2D eigenvalue weighted by Gasteiger charge is 2.31. The van der Waals surface area contributed by atoms with Gasteiger partial charge in [-0.3, -0.25) is 4.90 Å². The molecular formula is C21H35Cl2N. The SMILES string of the molecule is CCCCCCCCCCCCc1ccccc1C(Cl)(Cl)N(C)C. The highest BCUT2D eigenvalue weighted by atomic mass is 35.5. The molecule has 0 aromatic heterocycles. The minimum atomic E-state index is -0.949. The van der Waals surface area contributed by atoms with Gasteiger partial charge >= 0.3 is 0 Å². The summed E-state index contributed by atoms with van der Waals surface area (Å²) in [5.41, 5.74) is 2.30. The molecular weight excluding hydrogens is 337 g/mol. The van der Waals surface area contributed by atoms with Crippen molar-refractivity contribution in [2.75, 3.05) is 14.1 Å². The topological polar surface area (TPSA) is 3.24 Å². The van der Waals surface area contributed by atoms with Crippen molar-refractivity contribution in [3.05, 3.63) is 35.4 Å². The average Bonchev–Trinajstić information content (AvgIpc) is 2.56. The smallest absolute Gasteiger partial charge is 0.197 e. The summed E-state index contributed by atoms with van der Waals surface area (Å²) < 4.78 is -0.949. The summed E-state index contributed by atoms with van der Waals surface area (Å²) in [6.45, 7) is 2.27. The molecule has 0 unspecified atom stereocenters. The summed E-state index contributed by atoms with van der Waals surface area (Å²) in [6.07, 6.45) is 14.7. The fourth-order valence-corrected chi connectivity index (χ4v) is 3.44. The second-order valence-corrected chi connectivity index (χ2v) is 8.31. The van der Waals surface area contributed by atoms with Crippen LogP contribution in [0.2, 0.25) is 0 Å². The van der Waals surface area contributed by atoms with Gasteiger partial charge in [0.1, 0.15) is 0 Å². The highest BCUT2D eigenvalue weighted by Crippen LogP contribution is 2.38. The van der Waals surface area contributed by atoms with E-state index in [9.17, 15) is 0 Å². The predicted molar refractivity (Wildman–Crippen MR) is 109 cm³/mol. The quantitative estimate of drug-likeness (QED) is 0.199. The number of benzene rings is 1. The molecule has 0 aliphatic carbocycles. The molecule has 3 heteroatoms. The van der Waals surface area contributed by atoms with Crippen molar-refractivity contribution in [3.8, 4) is 0 Å². The van der Waals surface area contributed by atoms with E-state index in [1.54, 1.807) is 0 Å². The van der Waals surface area contributed by atoms with Crippen molar-refractivity contribution in [3.63, 3.8) is 0 Å². The number of halogens is 2. The van der Waals surface area contributed by atoms with E-state index in [2.05, 4.69) is 19.1 Å². The van der Waals surface area contributed by atoms with E-state index in [0.29, 0.717) is 0 Å². The van der Waals surface area contributed by atoms with Gasteiger partial charge in [0.25, 0.3) is 0 Å². The maximum atomic E-state index is 6.53. The fraction of sp³-hybridized carbons (Fsp3) is 0.714. The molecule has 0 spiro atoms. The molecule has 0 atom stereocenters. The van der Waals surface area contributed by atoms with Crippen LogP contribution in [0.4, 0.5) is 0 Å². The first-order chi connectivity index (χ1) is 11.5. The van der Waals surface area contributed by atoms with Crippen molar-refractivity contribution in [2.24, 2.45) is 0 Å². The van der Waals surface area contributed by atoms with Gasteiger partial charge in [-0.25, -0.2) is 0 Å². The Kier molecular flexibility index (Phi) is 11.1. The van der Waals surface area contributed by atoms with Gasteiger partial charge in [0.15, 0.2) is 4.46 Å². The van der Waals surface area contributed by atoms with Crippen LogP contribution in [0.1, 0.15) is 82.3 Å². The Labute approximate surface area is 159 Å². The molecule has 1 aromatic rings. The van der Waals surface area contributed by atoms with Gasteiger partial charge < -0.3 is 0 Å². The van der Waals surface area contributed by atoms with E-state index in [4.69, 9.17) is 23.2 Å². The molecule has 138 valence electrons. The lowest BCUT2D eigenvalue weighted by Crippen LogP contribution is -2.31. The number of hydrogen-bond acceptors (Lipinski definition) is 1. The lowest BCUT2D eigenvalue weighted by Gasteiger charge is -2.29. The Bertz CT molecular complexity index is 443. The molecule has 0 radical (unpaired) electrons. The normalized spacial score (nSPS) is 12.1. The summed E-state index contributed by atoms with van der Waals surface area (Å²) in [5.74, 6) is 0. The lowest BCUT2D eigenvalue weighted by atomic mass is 9.99. The minimum absolute atomic E-state index is 0.949. The standard InChI is InChI=1S/C21H35Cl2N/c1-4-5-6-7-8-9-10-11-12-13-16-19-17-14-15-18-20(19)21(22,23)24(2)3/h14-15,17-18H,4-13,16H2,1-3H3. The maximum absolute atomic E-state index is 6.53. The summed E-state index contributed by atoms with van der Waals surface area (Å²) in [5, 5.41) is 0. The second kappa shape index (κ2) is 12.2. The van der Waals surface area contributed by atoms with Gasteiger partial charge in [0.05, 0.1) is 0 Å². The van der Waals surface area contributed by atoms with Crippen LogP contribution in [0.15, 0.2) is 24.3 Å². The first-order valence-electron chi connectivity index (χ1n) is 9.63. The molecule has 0 N–H and O–H groups in total. The zero-order chi connectivity index (χ0) is 17.8. The Morgan fingerprint density at radius 1 is 0.792 bits per heavy atom. The molecule has 0 amide bonds. The van der Waals surface area contributed by atoms with Gasteiger partial charge in [-0.1, -0.05) is 112 Å². The Balaban J connectivity index is 2.27. The third-order valence-electron chi connectivity index (χ3n) is 4.70. The first kappa shape index (κ1) is 21.8. The highest BCUT2D eigenvalue weighted by molar-refractivity contribution is 6.47. The second-order valence-electron chi connectivity index (χ2n) is 7.02. The minimum Gasteiger partial charge on any atom is -0.275 e. The molecule has 0 bridgehead atoms. The Hall–Kier alpha value is -0.240. The van der Waals surface area contributed by atoms with Gasteiger partial charge in [0, 0.05) is 5.56 Å². The molecule has 0 saturated heterocycles. The fourth-order valence-electron chi connectivity index (χ4n) is 3.08. The molecule has 0 aliphatic heterocycles. The molecule has 1 rings (SSSR count). The monoisotopic (exact) mass is 371 g/mol. The molecule has 1 nitrogen and oxygen atoms in total. The summed E-state index contributed by atoms with van der Waals surface area (Å²) >= 11 is 13.1. The molecule has 0 aliphatic rings. The summed E-state index contributed by atoms with van der Waals surface area (Å²) in [4.78, 5) is 1.85. The van der Waals surface area contributed by atoms with Crippen LogP contribution in [0.25, 0.3) is 0 Å². The number of rotatable bonds is 13. The number of alkyl halides is 2. The largest absolute Gasteiger partial charge is 0.275 e. The van der Waals surface area contributed by atoms with E-state index in [-0.39, 0.29) is 0 Å². The molecule has 24 heavy (non-hydrogen) atoms. The van der Waals surface area contributed by atoms with Crippen LogP contribution in [-0.4, -0.2) is 19.0 Å². The van der Waals surface area contributed by atoms with Crippen LogP contribution >= 0.6 is 23.2 Å². The van der Waals surface area contributed by atoms with Gasteiger partial charge in [-0.2, -0.15) is 0 Å². The van der Waals surface area contributed by atoms with Crippen LogP contribution in [0, 0.1) is 0 Å². The molecule has 0 saturated carbocycles. The first-order valence-corrected chi connectivity index (χ1v) is 10.4. The Morgan fingerprint density at radius 3 is 1.83 bits per heavy atom.